The molecule has 1 saturated heterocycles. The van der Waals surface area contributed by atoms with Gasteiger partial charge in [0.05, 0.1) is 5.92 Å². The van der Waals surface area contributed by atoms with Gasteiger partial charge < -0.3 is 4.74 Å². The second-order valence-electron chi connectivity index (χ2n) is 8.48. The van der Waals surface area contributed by atoms with Crippen LogP contribution in [0.25, 0.3) is 11.1 Å². The highest BCUT2D eigenvalue weighted by Crippen LogP contribution is 2.36. The number of hydrogen-bond donors (Lipinski definition) is 0. The molecule has 0 aliphatic carbocycles. The van der Waals surface area contributed by atoms with E-state index in [9.17, 15) is 4.79 Å². The standard InChI is InChI=1S/C27H36O2/c1-3-5-7-9-11-25-20-26(29-27(25)28)24-18-16-23(17-19-24)22-14-12-21(13-15-22)10-8-6-4-2/h12-19,25-26H,3-11,20H2,1-2H3/t25-,26-/m1/s1. The van der Waals surface area contributed by atoms with Gasteiger partial charge in [-0.3, -0.25) is 4.79 Å². The van der Waals surface area contributed by atoms with E-state index >= 15 is 0 Å². The van der Waals surface area contributed by atoms with Crippen LogP contribution in [0.1, 0.15) is 88.9 Å². The van der Waals surface area contributed by atoms with Crippen molar-refractivity contribution in [3.63, 3.8) is 0 Å². The predicted molar refractivity (Wildman–Crippen MR) is 121 cm³/mol. The summed E-state index contributed by atoms with van der Waals surface area (Å²) < 4.78 is 5.69. The lowest BCUT2D eigenvalue weighted by Gasteiger charge is -2.11. The molecule has 0 radical (unpaired) electrons. The molecule has 1 heterocycles. The van der Waals surface area contributed by atoms with Crippen molar-refractivity contribution < 1.29 is 9.53 Å². The zero-order chi connectivity index (χ0) is 20.5. The van der Waals surface area contributed by atoms with Crippen LogP contribution in [0.4, 0.5) is 0 Å². The normalized spacial score (nSPS) is 18.8. The van der Waals surface area contributed by atoms with Gasteiger partial charge in [0.25, 0.3) is 0 Å². The lowest BCUT2D eigenvalue weighted by Crippen LogP contribution is -2.06. The SMILES string of the molecule is CCCCCC[C@@H]1C[C@H](c2ccc(-c3ccc(CCCCC)cc3)cc2)OC1=O. The number of benzene rings is 2. The summed E-state index contributed by atoms with van der Waals surface area (Å²) in [6, 6.07) is 17.5. The summed E-state index contributed by atoms with van der Waals surface area (Å²) >= 11 is 0. The van der Waals surface area contributed by atoms with Gasteiger partial charge in [0.15, 0.2) is 0 Å². The molecule has 156 valence electrons. The zero-order valence-electron chi connectivity index (χ0n) is 18.2. The molecular formula is C27H36O2. The van der Waals surface area contributed by atoms with Gasteiger partial charge in [0.1, 0.15) is 6.10 Å². The number of carbonyl (C=O) groups is 1. The lowest BCUT2D eigenvalue weighted by atomic mass is 9.94. The first-order valence-electron chi connectivity index (χ1n) is 11.6. The molecule has 0 saturated carbocycles. The predicted octanol–water partition coefficient (Wildman–Crippen LogP) is 7.66. The van der Waals surface area contributed by atoms with Gasteiger partial charge in [-0.2, -0.15) is 0 Å². The maximum absolute atomic E-state index is 12.2. The van der Waals surface area contributed by atoms with Gasteiger partial charge in [0, 0.05) is 6.42 Å². The van der Waals surface area contributed by atoms with Crippen LogP contribution in [0.3, 0.4) is 0 Å². The average Bonchev–Trinajstić information content (AvgIpc) is 3.13. The fourth-order valence-electron chi connectivity index (χ4n) is 4.23. The first kappa shape index (κ1) is 21.6. The Balaban J connectivity index is 1.55. The number of cyclic esters (lactones) is 1. The second-order valence-corrected chi connectivity index (χ2v) is 8.48. The Hall–Kier alpha value is -2.09. The Labute approximate surface area is 176 Å². The monoisotopic (exact) mass is 392 g/mol. The Kier molecular flexibility index (Phi) is 8.34. The number of aryl methyl sites for hydroxylation is 1. The van der Waals surface area contributed by atoms with Gasteiger partial charge in [-0.15, -0.1) is 0 Å². The molecule has 2 heteroatoms. The molecule has 1 aliphatic heterocycles. The van der Waals surface area contributed by atoms with E-state index in [1.54, 1.807) is 0 Å². The third-order valence-corrected chi connectivity index (χ3v) is 6.14. The van der Waals surface area contributed by atoms with Crippen molar-refractivity contribution in [2.24, 2.45) is 5.92 Å². The summed E-state index contributed by atoms with van der Waals surface area (Å²) in [6.07, 6.45) is 11.6. The number of hydrogen-bond acceptors (Lipinski definition) is 2. The molecule has 2 nitrogen and oxygen atoms in total. The van der Waals surface area contributed by atoms with E-state index in [0.717, 1.165) is 24.8 Å². The lowest BCUT2D eigenvalue weighted by molar-refractivity contribution is -0.144. The molecule has 0 aromatic heterocycles. The molecule has 0 N–H and O–H groups in total. The van der Waals surface area contributed by atoms with E-state index in [-0.39, 0.29) is 18.0 Å². The number of carbonyl (C=O) groups excluding carboxylic acids is 1. The Morgan fingerprint density at radius 3 is 2.07 bits per heavy atom. The summed E-state index contributed by atoms with van der Waals surface area (Å²) in [7, 11) is 0. The van der Waals surface area contributed by atoms with Gasteiger partial charge >= 0.3 is 5.97 Å². The molecular weight excluding hydrogens is 356 g/mol. The average molecular weight is 393 g/mol. The van der Waals surface area contributed by atoms with Gasteiger partial charge in [0.2, 0.25) is 0 Å². The van der Waals surface area contributed by atoms with E-state index < -0.39 is 0 Å². The summed E-state index contributed by atoms with van der Waals surface area (Å²) in [6.45, 7) is 4.46. The maximum atomic E-state index is 12.2. The van der Waals surface area contributed by atoms with Crippen molar-refractivity contribution in [3.05, 3.63) is 59.7 Å². The van der Waals surface area contributed by atoms with Crippen LogP contribution < -0.4 is 0 Å². The van der Waals surface area contributed by atoms with Crippen LogP contribution in [0.5, 0.6) is 0 Å². The number of rotatable bonds is 11. The smallest absolute Gasteiger partial charge is 0.309 e. The molecule has 2 aromatic carbocycles. The fourth-order valence-corrected chi connectivity index (χ4v) is 4.23. The number of unbranched alkanes of at least 4 members (excludes halogenated alkanes) is 5. The van der Waals surface area contributed by atoms with Gasteiger partial charge in [-0.1, -0.05) is 101 Å². The van der Waals surface area contributed by atoms with Crippen LogP contribution in [0.2, 0.25) is 0 Å². The quantitative estimate of drug-likeness (QED) is 0.290. The van der Waals surface area contributed by atoms with Crippen LogP contribution in [0.15, 0.2) is 48.5 Å². The summed E-state index contributed by atoms with van der Waals surface area (Å²) in [5.74, 6) is 0.0750. The van der Waals surface area contributed by atoms with Gasteiger partial charge in [-0.25, -0.2) is 0 Å². The molecule has 3 rings (SSSR count). The van der Waals surface area contributed by atoms with E-state index in [1.807, 2.05) is 0 Å². The van der Waals surface area contributed by atoms with Crippen LogP contribution >= 0.6 is 0 Å². The van der Waals surface area contributed by atoms with E-state index in [2.05, 4.69) is 62.4 Å². The van der Waals surface area contributed by atoms with Crippen molar-refractivity contribution in [1.29, 1.82) is 0 Å². The van der Waals surface area contributed by atoms with Crippen LogP contribution in [-0.4, -0.2) is 5.97 Å². The Morgan fingerprint density at radius 1 is 0.793 bits per heavy atom. The molecule has 2 aromatic rings. The van der Waals surface area contributed by atoms with Crippen LogP contribution in [-0.2, 0) is 16.0 Å². The first-order chi connectivity index (χ1) is 14.2. The van der Waals surface area contributed by atoms with Crippen molar-refractivity contribution in [2.75, 3.05) is 0 Å². The number of esters is 1. The molecule has 0 unspecified atom stereocenters. The van der Waals surface area contributed by atoms with Crippen molar-refractivity contribution in [2.45, 2.75) is 84.2 Å². The van der Waals surface area contributed by atoms with Crippen molar-refractivity contribution >= 4 is 5.97 Å². The molecule has 2 atom stereocenters. The zero-order valence-corrected chi connectivity index (χ0v) is 18.2. The fraction of sp³-hybridized carbons (Fsp3) is 0.519. The minimum atomic E-state index is -0.0753. The first-order valence-corrected chi connectivity index (χ1v) is 11.6. The summed E-state index contributed by atoms with van der Waals surface area (Å²) in [5, 5.41) is 0. The third-order valence-electron chi connectivity index (χ3n) is 6.14. The summed E-state index contributed by atoms with van der Waals surface area (Å²) in [4.78, 5) is 12.2. The van der Waals surface area contributed by atoms with E-state index in [0.29, 0.717) is 0 Å². The molecule has 29 heavy (non-hydrogen) atoms. The van der Waals surface area contributed by atoms with Gasteiger partial charge in [-0.05, 0) is 41.5 Å². The van der Waals surface area contributed by atoms with E-state index in [4.69, 9.17) is 4.74 Å². The van der Waals surface area contributed by atoms with Crippen LogP contribution in [0, 0.1) is 5.92 Å². The largest absolute Gasteiger partial charge is 0.457 e. The highest BCUT2D eigenvalue weighted by Gasteiger charge is 2.34. The van der Waals surface area contributed by atoms with Crippen molar-refractivity contribution in [1.82, 2.24) is 0 Å². The topological polar surface area (TPSA) is 26.3 Å². The second kappa shape index (κ2) is 11.2. The molecule has 0 spiro atoms. The van der Waals surface area contributed by atoms with Crippen molar-refractivity contribution in [3.8, 4) is 11.1 Å². The summed E-state index contributed by atoms with van der Waals surface area (Å²) in [5.41, 5.74) is 5.00. The van der Waals surface area contributed by atoms with E-state index in [1.165, 1.54) is 61.6 Å². The molecule has 0 bridgehead atoms. The maximum Gasteiger partial charge on any atom is 0.309 e. The molecule has 0 amide bonds. The number of ether oxygens (including phenoxy) is 1. The molecule has 1 fully saturated rings. The highest BCUT2D eigenvalue weighted by molar-refractivity contribution is 5.75. The Morgan fingerprint density at radius 2 is 1.41 bits per heavy atom. The minimum Gasteiger partial charge on any atom is -0.457 e. The highest BCUT2D eigenvalue weighted by atomic mass is 16.5. The minimum absolute atomic E-state index is 0.00534. The molecule has 1 aliphatic rings. The third kappa shape index (κ3) is 6.19. The Bertz CT molecular complexity index is 745.